The summed E-state index contributed by atoms with van der Waals surface area (Å²) in [7, 11) is 0. The molecule has 3 heterocycles. The third kappa shape index (κ3) is 2.87. The van der Waals surface area contributed by atoms with Crippen LogP contribution in [0.25, 0.3) is 0 Å². The molecule has 3 aliphatic rings. The van der Waals surface area contributed by atoms with Crippen LogP contribution in [-0.4, -0.2) is 55.1 Å². The van der Waals surface area contributed by atoms with Crippen molar-refractivity contribution in [1.29, 1.82) is 0 Å². The molecule has 1 aromatic rings. The standard InChI is InChI=1S/C16H24FN3/c1-2-7-18-16(13-3-5-14(17)6-4-13)15-12-19-8-10-20(15)11-9-19/h3-6,15-16,18H,2,7-12H2,1H3. The number of benzene rings is 1. The highest BCUT2D eigenvalue weighted by atomic mass is 19.1. The molecule has 0 aliphatic carbocycles. The maximum Gasteiger partial charge on any atom is 0.123 e. The molecule has 2 atom stereocenters. The minimum Gasteiger partial charge on any atom is -0.309 e. The van der Waals surface area contributed by atoms with Gasteiger partial charge in [0.2, 0.25) is 0 Å². The van der Waals surface area contributed by atoms with Crippen molar-refractivity contribution in [2.45, 2.75) is 25.4 Å². The molecule has 20 heavy (non-hydrogen) atoms. The predicted octanol–water partition coefficient (Wildman–Crippen LogP) is 1.87. The summed E-state index contributed by atoms with van der Waals surface area (Å²) in [5.74, 6) is -0.155. The van der Waals surface area contributed by atoms with Gasteiger partial charge in [0.15, 0.2) is 0 Å². The zero-order chi connectivity index (χ0) is 13.9. The second-order valence-electron chi connectivity index (χ2n) is 5.89. The van der Waals surface area contributed by atoms with Crippen LogP contribution in [0, 0.1) is 5.82 Å². The number of halogens is 1. The van der Waals surface area contributed by atoms with E-state index in [1.807, 2.05) is 12.1 Å². The van der Waals surface area contributed by atoms with E-state index in [-0.39, 0.29) is 5.82 Å². The fourth-order valence-electron chi connectivity index (χ4n) is 3.42. The molecular weight excluding hydrogens is 253 g/mol. The Morgan fingerprint density at radius 3 is 2.45 bits per heavy atom. The number of hydrogen-bond donors (Lipinski definition) is 1. The molecule has 0 radical (unpaired) electrons. The summed E-state index contributed by atoms with van der Waals surface area (Å²) in [6.07, 6.45) is 1.12. The van der Waals surface area contributed by atoms with Crippen LogP contribution in [0.1, 0.15) is 24.9 Å². The SMILES string of the molecule is CCCNC(c1ccc(F)cc1)C1CN2CCN1CC2. The first kappa shape index (κ1) is 14.0. The highest BCUT2D eigenvalue weighted by Crippen LogP contribution is 2.27. The van der Waals surface area contributed by atoms with Gasteiger partial charge in [0.1, 0.15) is 5.82 Å². The summed E-state index contributed by atoms with van der Waals surface area (Å²) in [4.78, 5) is 5.14. The molecule has 110 valence electrons. The lowest BCUT2D eigenvalue weighted by molar-refractivity contribution is -0.00365. The average molecular weight is 277 g/mol. The number of nitrogens with zero attached hydrogens (tertiary/aromatic N) is 2. The molecular formula is C16H24FN3. The summed E-state index contributed by atoms with van der Waals surface area (Å²) in [6, 6.07) is 7.83. The number of piperazine rings is 3. The van der Waals surface area contributed by atoms with Gasteiger partial charge in [-0.05, 0) is 30.7 Å². The molecule has 2 unspecified atom stereocenters. The predicted molar refractivity (Wildman–Crippen MR) is 79.2 cm³/mol. The zero-order valence-electron chi connectivity index (χ0n) is 12.2. The fraction of sp³-hybridized carbons (Fsp3) is 0.625. The third-order valence-corrected chi connectivity index (χ3v) is 4.55. The Bertz CT molecular complexity index is 426. The van der Waals surface area contributed by atoms with Gasteiger partial charge < -0.3 is 5.32 Å². The van der Waals surface area contributed by atoms with Gasteiger partial charge in [0.25, 0.3) is 0 Å². The van der Waals surface area contributed by atoms with E-state index in [1.54, 1.807) is 12.1 Å². The first-order valence-corrected chi connectivity index (χ1v) is 7.73. The molecule has 1 aromatic carbocycles. The van der Waals surface area contributed by atoms with E-state index in [2.05, 4.69) is 22.0 Å². The molecule has 0 amide bonds. The van der Waals surface area contributed by atoms with E-state index in [0.717, 1.165) is 32.6 Å². The quantitative estimate of drug-likeness (QED) is 0.886. The molecule has 3 saturated heterocycles. The zero-order valence-corrected chi connectivity index (χ0v) is 12.2. The molecule has 4 heteroatoms. The summed E-state index contributed by atoms with van der Waals surface area (Å²) in [5.41, 5.74) is 1.21. The van der Waals surface area contributed by atoms with Gasteiger partial charge in [0.05, 0.1) is 0 Å². The number of rotatable bonds is 5. The molecule has 0 aromatic heterocycles. The first-order chi connectivity index (χ1) is 9.78. The molecule has 3 fully saturated rings. The number of hydrogen-bond acceptors (Lipinski definition) is 3. The van der Waals surface area contributed by atoms with E-state index >= 15 is 0 Å². The molecule has 0 saturated carbocycles. The van der Waals surface area contributed by atoms with Crippen molar-refractivity contribution < 1.29 is 4.39 Å². The molecule has 0 spiro atoms. The summed E-state index contributed by atoms with van der Waals surface area (Å²) >= 11 is 0. The van der Waals surface area contributed by atoms with E-state index in [9.17, 15) is 4.39 Å². The minimum atomic E-state index is -0.155. The van der Waals surface area contributed by atoms with E-state index in [0.29, 0.717) is 12.1 Å². The Hall–Kier alpha value is -0.970. The number of nitrogens with one attached hydrogen (secondary N) is 1. The first-order valence-electron chi connectivity index (χ1n) is 7.73. The lowest BCUT2D eigenvalue weighted by Crippen LogP contribution is -2.64. The Morgan fingerprint density at radius 2 is 1.90 bits per heavy atom. The van der Waals surface area contributed by atoms with E-state index in [1.165, 1.54) is 18.7 Å². The van der Waals surface area contributed by atoms with Crippen LogP contribution in [0.4, 0.5) is 4.39 Å². The van der Waals surface area contributed by atoms with Crippen LogP contribution in [0.3, 0.4) is 0 Å². The topological polar surface area (TPSA) is 18.5 Å². The lowest BCUT2D eigenvalue weighted by Gasteiger charge is -2.50. The highest BCUT2D eigenvalue weighted by molar-refractivity contribution is 5.22. The second-order valence-corrected chi connectivity index (χ2v) is 5.89. The van der Waals surface area contributed by atoms with Crippen LogP contribution < -0.4 is 5.32 Å². The summed E-state index contributed by atoms with van der Waals surface area (Å²) in [5, 5.41) is 3.67. The highest BCUT2D eigenvalue weighted by Gasteiger charge is 2.37. The van der Waals surface area contributed by atoms with Crippen LogP contribution >= 0.6 is 0 Å². The van der Waals surface area contributed by atoms with Crippen LogP contribution in [0.5, 0.6) is 0 Å². The Morgan fingerprint density at radius 1 is 1.20 bits per heavy atom. The summed E-state index contributed by atoms with van der Waals surface area (Å²) in [6.45, 7) is 9.03. The van der Waals surface area contributed by atoms with Gasteiger partial charge in [-0.15, -0.1) is 0 Å². The maximum atomic E-state index is 13.2. The van der Waals surface area contributed by atoms with Crippen LogP contribution in [0.2, 0.25) is 0 Å². The van der Waals surface area contributed by atoms with Crippen molar-refractivity contribution in [3.63, 3.8) is 0 Å². The van der Waals surface area contributed by atoms with Gasteiger partial charge in [-0.2, -0.15) is 0 Å². The summed E-state index contributed by atoms with van der Waals surface area (Å²) < 4.78 is 13.2. The van der Waals surface area contributed by atoms with Crippen molar-refractivity contribution in [2.75, 3.05) is 39.3 Å². The fourth-order valence-corrected chi connectivity index (χ4v) is 3.42. The molecule has 4 rings (SSSR count). The molecule has 3 nitrogen and oxygen atoms in total. The second kappa shape index (κ2) is 6.20. The Labute approximate surface area is 120 Å². The smallest absolute Gasteiger partial charge is 0.123 e. The van der Waals surface area contributed by atoms with Gasteiger partial charge in [0, 0.05) is 44.8 Å². The molecule has 1 N–H and O–H groups in total. The van der Waals surface area contributed by atoms with Gasteiger partial charge in [-0.25, -0.2) is 4.39 Å². The van der Waals surface area contributed by atoms with Crippen molar-refractivity contribution in [1.82, 2.24) is 15.1 Å². The van der Waals surface area contributed by atoms with Gasteiger partial charge in [-0.3, -0.25) is 9.80 Å². The van der Waals surface area contributed by atoms with Gasteiger partial charge in [-0.1, -0.05) is 19.1 Å². The number of fused-ring (bicyclic) bond motifs is 3. The Kier molecular flexibility index (Phi) is 4.34. The monoisotopic (exact) mass is 277 g/mol. The van der Waals surface area contributed by atoms with Crippen molar-refractivity contribution in [3.05, 3.63) is 35.6 Å². The lowest BCUT2D eigenvalue weighted by atomic mass is 9.94. The van der Waals surface area contributed by atoms with Crippen molar-refractivity contribution in [2.24, 2.45) is 0 Å². The normalized spacial score (nSPS) is 30.4. The van der Waals surface area contributed by atoms with E-state index in [4.69, 9.17) is 0 Å². The van der Waals surface area contributed by atoms with Crippen LogP contribution in [0.15, 0.2) is 24.3 Å². The Balaban J connectivity index is 1.80. The minimum absolute atomic E-state index is 0.155. The van der Waals surface area contributed by atoms with Crippen molar-refractivity contribution in [3.8, 4) is 0 Å². The third-order valence-electron chi connectivity index (χ3n) is 4.55. The van der Waals surface area contributed by atoms with Crippen molar-refractivity contribution >= 4 is 0 Å². The van der Waals surface area contributed by atoms with Crippen LogP contribution in [-0.2, 0) is 0 Å². The molecule has 3 aliphatic heterocycles. The molecule has 2 bridgehead atoms. The maximum absolute atomic E-state index is 13.2. The van der Waals surface area contributed by atoms with E-state index < -0.39 is 0 Å². The largest absolute Gasteiger partial charge is 0.309 e. The van der Waals surface area contributed by atoms with Gasteiger partial charge >= 0.3 is 0 Å². The average Bonchev–Trinajstić information content (AvgIpc) is 2.51.